The molecule has 4 rings (SSSR count). The number of aromatic nitrogens is 2. The maximum atomic E-state index is 12.3. The molecule has 2 aromatic carbocycles. The van der Waals surface area contributed by atoms with E-state index in [1.807, 2.05) is 30.3 Å². The van der Waals surface area contributed by atoms with E-state index in [4.69, 9.17) is 5.73 Å². The first-order valence-corrected chi connectivity index (χ1v) is 8.02. The Hall–Kier alpha value is -3.68. The molecule has 0 bridgehead atoms. The van der Waals surface area contributed by atoms with Gasteiger partial charge in [0.05, 0.1) is 10.6 Å². The van der Waals surface area contributed by atoms with Gasteiger partial charge < -0.3 is 11.1 Å². The Morgan fingerprint density at radius 3 is 2.50 bits per heavy atom. The van der Waals surface area contributed by atoms with E-state index in [0.29, 0.717) is 11.6 Å². The number of amides is 1. The number of nitrogen functional groups attached to an aromatic ring is 1. The third-order valence-corrected chi connectivity index (χ3v) is 4.45. The van der Waals surface area contributed by atoms with Gasteiger partial charge in [0.15, 0.2) is 5.82 Å². The average molecular weight is 349 g/mol. The number of rotatable bonds is 3. The molecule has 0 radical (unpaired) electrons. The molecule has 2 heterocycles. The van der Waals surface area contributed by atoms with Gasteiger partial charge in [-0.25, -0.2) is 4.68 Å². The van der Waals surface area contributed by atoms with E-state index < -0.39 is 4.92 Å². The highest BCUT2D eigenvalue weighted by Crippen LogP contribution is 2.41. The number of benzene rings is 2. The van der Waals surface area contributed by atoms with E-state index in [2.05, 4.69) is 10.4 Å². The summed E-state index contributed by atoms with van der Waals surface area (Å²) in [5.74, 6) is 0.399. The van der Waals surface area contributed by atoms with Crippen molar-refractivity contribution in [3.8, 4) is 5.69 Å². The number of para-hydroxylation sites is 1. The molecule has 1 amide bonds. The van der Waals surface area contributed by atoms with Gasteiger partial charge in [0.25, 0.3) is 5.69 Å². The van der Waals surface area contributed by atoms with Gasteiger partial charge in [0.1, 0.15) is 5.82 Å². The van der Waals surface area contributed by atoms with E-state index in [1.54, 1.807) is 16.8 Å². The highest BCUT2D eigenvalue weighted by molar-refractivity contribution is 5.96. The average Bonchev–Trinajstić information content (AvgIpc) is 2.98. The third kappa shape index (κ3) is 2.57. The summed E-state index contributed by atoms with van der Waals surface area (Å²) < 4.78 is 1.61. The van der Waals surface area contributed by atoms with Crippen LogP contribution in [0.5, 0.6) is 0 Å². The molecular formula is C18H15N5O3. The number of non-ortho nitro benzene ring substituents is 1. The molecule has 1 aromatic heterocycles. The van der Waals surface area contributed by atoms with Crippen molar-refractivity contribution in [2.75, 3.05) is 11.1 Å². The maximum absolute atomic E-state index is 12.3. The highest BCUT2D eigenvalue weighted by Gasteiger charge is 2.33. The van der Waals surface area contributed by atoms with Crippen LogP contribution in [0, 0.1) is 10.1 Å². The van der Waals surface area contributed by atoms with Crippen molar-refractivity contribution < 1.29 is 9.72 Å². The molecule has 0 saturated heterocycles. The fraction of sp³-hybridized carbons (Fsp3) is 0.111. The minimum atomic E-state index is -0.454. The Balaban J connectivity index is 1.82. The van der Waals surface area contributed by atoms with Crippen LogP contribution >= 0.6 is 0 Å². The van der Waals surface area contributed by atoms with Gasteiger partial charge in [0.2, 0.25) is 5.91 Å². The van der Waals surface area contributed by atoms with Crippen LogP contribution in [-0.2, 0) is 4.79 Å². The second-order valence-electron chi connectivity index (χ2n) is 6.05. The summed E-state index contributed by atoms with van der Waals surface area (Å²) in [5, 5.41) is 18.1. The molecule has 130 valence electrons. The monoisotopic (exact) mass is 349 g/mol. The summed E-state index contributed by atoms with van der Waals surface area (Å²) in [7, 11) is 0. The number of nitro groups is 1. The molecule has 0 saturated carbocycles. The third-order valence-electron chi connectivity index (χ3n) is 4.45. The number of nitro benzene ring substituents is 1. The van der Waals surface area contributed by atoms with Crippen molar-refractivity contribution in [3.63, 3.8) is 0 Å². The number of hydrogen-bond donors (Lipinski definition) is 2. The maximum Gasteiger partial charge on any atom is 0.269 e. The lowest BCUT2D eigenvalue weighted by atomic mass is 9.86. The Bertz CT molecular complexity index is 996. The minimum absolute atomic E-state index is 0.00203. The Morgan fingerprint density at radius 2 is 1.85 bits per heavy atom. The second kappa shape index (κ2) is 5.99. The minimum Gasteiger partial charge on any atom is -0.382 e. The normalized spacial score (nSPS) is 16.0. The lowest BCUT2D eigenvalue weighted by molar-refractivity contribution is -0.384. The standard InChI is InChI=1S/C18H15N5O3/c19-17-16-14(11-6-8-13(9-7-11)23(25)26)10-15(24)20-18(16)22(21-17)12-4-2-1-3-5-12/h1-9,14H,10H2,(H2,19,21)(H,20,24). The van der Waals surface area contributed by atoms with Gasteiger partial charge in [-0.3, -0.25) is 14.9 Å². The van der Waals surface area contributed by atoms with Crippen molar-refractivity contribution in [2.24, 2.45) is 0 Å². The predicted molar refractivity (Wildman–Crippen MR) is 96.2 cm³/mol. The molecule has 1 aliphatic rings. The van der Waals surface area contributed by atoms with Gasteiger partial charge in [0, 0.05) is 30.0 Å². The summed E-state index contributed by atoms with van der Waals surface area (Å²) in [6.07, 6.45) is 0.204. The zero-order chi connectivity index (χ0) is 18.3. The Morgan fingerprint density at radius 1 is 1.15 bits per heavy atom. The molecule has 0 fully saturated rings. The molecule has 1 aliphatic heterocycles. The molecule has 3 N–H and O–H groups in total. The topological polar surface area (TPSA) is 116 Å². The lowest BCUT2D eigenvalue weighted by Crippen LogP contribution is -2.25. The Kier molecular flexibility index (Phi) is 3.65. The Labute approximate surface area is 148 Å². The summed E-state index contributed by atoms with van der Waals surface area (Å²) in [6.45, 7) is 0. The summed E-state index contributed by atoms with van der Waals surface area (Å²) in [4.78, 5) is 22.7. The van der Waals surface area contributed by atoms with Crippen LogP contribution in [-0.4, -0.2) is 20.6 Å². The molecular weight excluding hydrogens is 334 g/mol. The fourth-order valence-corrected chi connectivity index (χ4v) is 3.25. The van der Waals surface area contributed by atoms with Crippen molar-refractivity contribution in [2.45, 2.75) is 12.3 Å². The summed E-state index contributed by atoms with van der Waals surface area (Å²) in [6, 6.07) is 15.5. The van der Waals surface area contributed by atoms with Gasteiger partial charge in [-0.2, -0.15) is 0 Å². The van der Waals surface area contributed by atoms with Crippen LogP contribution in [0.2, 0.25) is 0 Å². The van der Waals surface area contributed by atoms with Crippen LogP contribution in [0.4, 0.5) is 17.3 Å². The van der Waals surface area contributed by atoms with Crippen LogP contribution < -0.4 is 11.1 Å². The number of nitrogens with two attached hydrogens (primary N) is 1. The van der Waals surface area contributed by atoms with Gasteiger partial charge in [-0.15, -0.1) is 5.10 Å². The van der Waals surface area contributed by atoms with Crippen LogP contribution in [0.3, 0.4) is 0 Å². The first-order valence-electron chi connectivity index (χ1n) is 8.02. The zero-order valence-corrected chi connectivity index (χ0v) is 13.6. The quantitative estimate of drug-likeness (QED) is 0.557. The number of carbonyl (C=O) groups excluding carboxylic acids is 1. The molecule has 0 aliphatic carbocycles. The van der Waals surface area contributed by atoms with E-state index in [9.17, 15) is 14.9 Å². The predicted octanol–water partition coefficient (Wildman–Crippen LogP) is 2.84. The van der Waals surface area contributed by atoms with Crippen LogP contribution in [0.15, 0.2) is 54.6 Å². The highest BCUT2D eigenvalue weighted by atomic mass is 16.6. The summed E-state index contributed by atoms with van der Waals surface area (Å²) in [5.41, 5.74) is 8.45. The van der Waals surface area contributed by atoms with Crippen LogP contribution in [0.1, 0.15) is 23.5 Å². The number of hydrogen-bond acceptors (Lipinski definition) is 5. The SMILES string of the molecule is Nc1nn(-c2ccccc2)c2c1C(c1ccc([N+](=O)[O-])cc1)CC(=O)N2. The molecule has 8 heteroatoms. The van der Waals surface area contributed by atoms with Crippen molar-refractivity contribution in [1.82, 2.24) is 9.78 Å². The number of fused-ring (bicyclic) bond motifs is 1. The van der Waals surface area contributed by atoms with E-state index in [0.717, 1.165) is 16.8 Å². The van der Waals surface area contributed by atoms with Crippen LogP contribution in [0.25, 0.3) is 5.69 Å². The number of nitrogens with zero attached hydrogens (tertiary/aromatic N) is 3. The van der Waals surface area contributed by atoms with Crippen molar-refractivity contribution in [1.29, 1.82) is 0 Å². The van der Waals surface area contributed by atoms with E-state index >= 15 is 0 Å². The molecule has 1 atom stereocenters. The van der Waals surface area contributed by atoms with Gasteiger partial charge in [-0.1, -0.05) is 30.3 Å². The van der Waals surface area contributed by atoms with Crippen molar-refractivity contribution in [3.05, 3.63) is 75.8 Å². The molecule has 3 aromatic rings. The number of carbonyl (C=O) groups is 1. The van der Waals surface area contributed by atoms with Crippen molar-refractivity contribution >= 4 is 23.2 Å². The first-order chi connectivity index (χ1) is 12.5. The largest absolute Gasteiger partial charge is 0.382 e. The fourth-order valence-electron chi connectivity index (χ4n) is 3.25. The second-order valence-corrected chi connectivity index (χ2v) is 6.05. The molecule has 26 heavy (non-hydrogen) atoms. The lowest BCUT2D eigenvalue weighted by Gasteiger charge is -2.24. The van der Waals surface area contributed by atoms with E-state index in [-0.39, 0.29) is 23.9 Å². The smallest absolute Gasteiger partial charge is 0.269 e. The summed E-state index contributed by atoms with van der Waals surface area (Å²) >= 11 is 0. The zero-order valence-electron chi connectivity index (χ0n) is 13.6. The van der Waals surface area contributed by atoms with E-state index in [1.165, 1.54) is 12.1 Å². The van der Waals surface area contributed by atoms with Gasteiger partial charge >= 0.3 is 0 Å². The number of anilines is 2. The molecule has 0 spiro atoms. The van der Waals surface area contributed by atoms with Gasteiger partial charge in [-0.05, 0) is 17.7 Å². The molecule has 1 unspecified atom stereocenters. The number of nitrogens with one attached hydrogen (secondary N) is 1. The first kappa shape index (κ1) is 15.8. The molecule has 8 nitrogen and oxygen atoms in total.